The minimum atomic E-state index is -0.262. The molecule has 0 saturated heterocycles. The Bertz CT molecular complexity index is 1360. The normalized spacial score (nSPS) is 11.1. The molecule has 0 saturated carbocycles. The number of carbonyl (C=O) groups excluding carboxylic acids is 1. The molecule has 5 aromatic rings. The third-order valence-electron chi connectivity index (χ3n) is 4.75. The Hall–Kier alpha value is -3.78. The Balaban J connectivity index is 1.67. The molecule has 0 atom stereocenters. The van der Waals surface area contributed by atoms with E-state index in [2.05, 4.69) is 42.7 Å². The summed E-state index contributed by atoms with van der Waals surface area (Å²) in [6, 6.07) is 11.9. The number of H-pyrrole nitrogens is 1. The van der Waals surface area contributed by atoms with Gasteiger partial charge in [-0.2, -0.15) is 0 Å². The number of fused-ring (bicyclic) bond motifs is 2. The highest BCUT2D eigenvalue weighted by Gasteiger charge is 2.15. The Labute approximate surface area is 176 Å². The van der Waals surface area contributed by atoms with Crippen molar-refractivity contribution in [2.75, 3.05) is 11.9 Å². The van der Waals surface area contributed by atoms with E-state index in [9.17, 15) is 4.79 Å². The van der Waals surface area contributed by atoms with Crippen molar-refractivity contribution in [2.45, 2.75) is 6.92 Å². The lowest BCUT2D eigenvalue weighted by atomic mass is 10.00. The van der Waals surface area contributed by atoms with Gasteiger partial charge in [0.2, 0.25) is 0 Å². The first kappa shape index (κ1) is 18.3. The van der Waals surface area contributed by atoms with Crippen molar-refractivity contribution in [1.82, 2.24) is 25.3 Å². The number of anilines is 1. The molecule has 1 aromatic carbocycles. The third kappa shape index (κ3) is 3.37. The van der Waals surface area contributed by atoms with E-state index in [1.165, 1.54) is 11.3 Å². The molecule has 0 aliphatic rings. The van der Waals surface area contributed by atoms with Gasteiger partial charge in [0.25, 0.3) is 0 Å². The van der Waals surface area contributed by atoms with E-state index in [4.69, 9.17) is 0 Å². The van der Waals surface area contributed by atoms with Gasteiger partial charge in [0.1, 0.15) is 5.65 Å². The van der Waals surface area contributed by atoms with Gasteiger partial charge >= 0.3 is 6.03 Å². The molecule has 148 valence electrons. The quantitative estimate of drug-likeness (QED) is 0.384. The van der Waals surface area contributed by atoms with Crippen LogP contribution >= 0.6 is 11.3 Å². The SMILES string of the molecule is CCNC(=O)Nc1nc2cc(-c3cnc4[nH]ccc4c3)cc(-c3cccnc3)c2s1. The van der Waals surface area contributed by atoms with E-state index < -0.39 is 0 Å². The smallest absolute Gasteiger partial charge is 0.321 e. The highest BCUT2D eigenvalue weighted by atomic mass is 32.1. The second kappa shape index (κ2) is 7.57. The van der Waals surface area contributed by atoms with Crippen molar-refractivity contribution in [3.8, 4) is 22.3 Å². The molecule has 0 aliphatic heterocycles. The summed E-state index contributed by atoms with van der Waals surface area (Å²) < 4.78 is 0.995. The van der Waals surface area contributed by atoms with Gasteiger partial charge in [-0.3, -0.25) is 10.3 Å². The van der Waals surface area contributed by atoms with Gasteiger partial charge in [-0.25, -0.2) is 14.8 Å². The first-order chi connectivity index (χ1) is 14.7. The molecule has 4 heterocycles. The van der Waals surface area contributed by atoms with E-state index in [-0.39, 0.29) is 6.03 Å². The molecule has 3 N–H and O–H groups in total. The van der Waals surface area contributed by atoms with Crippen LogP contribution in [0.5, 0.6) is 0 Å². The van der Waals surface area contributed by atoms with E-state index >= 15 is 0 Å². The van der Waals surface area contributed by atoms with E-state index in [0.29, 0.717) is 11.7 Å². The van der Waals surface area contributed by atoms with Crippen LogP contribution in [0.2, 0.25) is 0 Å². The van der Waals surface area contributed by atoms with E-state index in [0.717, 1.165) is 43.5 Å². The fourth-order valence-electron chi connectivity index (χ4n) is 3.39. The summed E-state index contributed by atoms with van der Waals surface area (Å²) in [6.45, 7) is 2.43. The van der Waals surface area contributed by atoms with Gasteiger partial charge in [-0.05, 0) is 42.8 Å². The van der Waals surface area contributed by atoms with Crippen LogP contribution in [0.3, 0.4) is 0 Å². The topological polar surface area (TPSA) is 95.6 Å². The van der Waals surface area contributed by atoms with Crippen molar-refractivity contribution in [2.24, 2.45) is 0 Å². The minimum absolute atomic E-state index is 0.262. The number of urea groups is 1. The lowest BCUT2D eigenvalue weighted by Crippen LogP contribution is -2.28. The van der Waals surface area contributed by atoms with Gasteiger partial charge in [-0.1, -0.05) is 17.4 Å². The van der Waals surface area contributed by atoms with Crippen LogP contribution in [-0.4, -0.2) is 32.5 Å². The Morgan fingerprint density at radius 2 is 2.07 bits per heavy atom. The van der Waals surface area contributed by atoms with Gasteiger partial charge in [-0.15, -0.1) is 0 Å². The highest BCUT2D eigenvalue weighted by molar-refractivity contribution is 7.22. The molecular formula is C22H18N6OS. The van der Waals surface area contributed by atoms with Crippen LogP contribution in [0.25, 0.3) is 43.5 Å². The number of nitrogens with one attached hydrogen (secondary N) is 3. The third-order valence-corrected chi connectivity index (χ3v) is 5.77. The summed E-state index contributed by atoms with van der Waals surface area (Å²) in [4.78, 5) is 28.5. The van der Waals surface area contributed by atoms with Crippen molar-refractivity contribution in [1.29, 1.82) is 0 Å². The predicted octanol–water partition coefficient (Wildman–Crippen LogP) is 5.04. The number of rotatable bonds is 4. The standard InChI is InChI=1S/C22H18N6OS/c1-2-24-21(29)28-22-27-18-10-15(16-8-13-5-7-25-20(13)26-12-16)9-17(19(18)30-22)14-4-3-6-23-11-14/h3-12H,2H2,1H3,(H,25,26)(H2,24,27,28,29). The van der Waals surface area contributed by atoms with Crippen LogP contribution in [0.1, 0.15) is 6.92 Å². The lowest BCUT2D eigenvalue weighted by molar-refractivity contribution is 0.252. The molecule has 4 aromatic heterocycles. The van der Waals surface area contributed by atoms with Crippen LogP contribution in [0.15, 0.2) is 61.2 Å². The molecule has 30 heavy (non-hydrogen) atoms. The highest BCUT2D eigenvalue weighted by Crippen LogP contribution is 2.38. The Kier molecular flexibility index (Phi) is 4.61. The Morgan fingerprint density at radius 1 is 1.13 bits per heavy atom. The maximum atomic E-state index is 12.0. The summed E-state index contributed by atoms with van der Waals surface area (Å²) >= 11 is 1.45. The van der Waals surface area contributed by atoms with E-state index in [1.807, 2.05) is 49.8 Å². The molecule has 0 fully saturated rings. The summed E-state index contributed by atoms with van der Waals surface area (Å²) in [5.41, 5.74) is 5.69. The second-order valence-electron chi connectivity index (χ2n) is 6.76. The van der Waals surface area contributed by atoms with Crippen LogP contribution < -0.4 is 10.6 Å². The number of thiazole rings is 1. The van der Waals surface area contributed by atoms with Crippen molar-refractivity contribution < 1.29 is 4.79 Å². The number of amides is 2. The zero-order chi connectivity index (χ0) is 20.5. The zero-order valence-electron chi connectivity index (χ0n) is 16.1. The maximum Gasteiger partial charge on any atom is 0.321 e. The number of nitrogens with zero attached hydrogens (tertiary/aromatic N) is 3. The van der Waals surface area contributed by atoms with Crippen LogP contribution in [-0.2, 0) is 0 Å². The zero-order valence-corrected chi connectivity index (χ0v) is 17.0. The molecule has 2 amide bonds. The number of aromatic amines is 1. The number of benzene rings is 1. The number of hydrogen-bond donors (Lipinski definition) is 3. The summed E-state index contributed by atoms with van der Waals surface area (Å²) in [7, 11) is 0. The van der Waals surface area contributed by atoms with Gasteiger partial charge in [0.15, 0.2) is 5.13 Å². The molecule has 0 unspecified atom stereocenters. The molecule has 5 rings (SSSR count). The van der Waals surface area contributed by atoms with Gasteiger partial charge < -0.3 is 10.3 Å². The fraction of sp³-hybridized carbons (Fsp3) is 0.0909. The summed E-state index contributed by atoms with van der Waals surface area (Å²) in [5.74, 6) is 0. The van der Waals surface area contributed by atoms with Crippen molar-refractivity contribution >= 4 is 43.7 Å². The maximum absolute atomic E-state index is 12.0. The summed E-state index contributed by atoms with van der Waals surface area (Å²) in [5, 5.41) is 7.15. The molecule has 0 bridgehead atoms. The predicted molar refractivity (Wildman–Crippen MR) is 121 cm³/mol. The fourth-order valence-corrected chi connectivity index (χ4v) is 4.37. The Morgan fingerprint density at radius 3 is 2.90 bits per heavy atom. The average molecular weight is 414 g/mol. The van der Waals surface area contributed by atoms with Crippen molar-refractivity contribution in [3.63, 3.8) is 0 Å². The first-order valence-electron chi connectivity index (χ1n) is 9.54. The van der Waals surface area contributed by atoms with E-state index in [1.54, 1.807) is 6.20 Å². The van der Waals surface area contributed by atoms with Gasteiger partial charge in [0.05, 0.1) is 10.2 Å². The largest absolute Gasteiger partial charge is 0.346 e. The minimum Gasteiger partial charge on any atom is -0.346 e. The molecule has 0 aliphatic carbocycles. The average Bonchev–Trinajstić information content (AvgIpc) is 3.39. The molecule has 8 heteroatoms. The molecular weight excluding hydrogens is 396 g/mol. The van der Waals surface area contributed by atoms with Crippen LogP contribution in [0.4, 0.5) is 9.93 Å². The van der Waals surface area contributed by atoms with Crippen molar-refractivity contribution in [3.05, 3.63) is 61.2 Å². The monoisotopic (exact) mass is 414 g/mol. The molecule has 0 radical (unpaired) electrons. The molecule has 0 spiro atoms. The first-order valence-corrected chi connectivity index (χ1v) is 10.4. The number of hydrogen-bond acceptors (Lipinski definition) is 5. The molecule has 7 nitrogen and oxygen atoms in total. The number of pyridine rings is 2. The second-order valence-corrected chi connectivity index (χ2v) is 7.76. The lowest BCUT2D eigenvalue weighted by Gasteiger charge is -2.07. The van der Waals surface area contributed by atoms with Gasteiger partial charge in [0, 0.05) is 53.4 Å². The number of aromatic nitrogens is 4. The summed E-state index contributed by atoms with van der Waals surface area (Å²) in [6.07, 6.45) is 7.32. The van der Waals surface area contributed by atoms with Crippen LogP contribution in [0, 0.1) is 0 Å². The number of carbonyl (C=O) groups is 1.